The monoisotopic (exact) mass is 466 g/mol. The molecule has 0 aliphatic rings. The number of carbonyl (C=O) groups is 2. The highest BCUT2D eigenvalue weighted by molar-refractivity contribution is 7.99. The molecule has 0 spiro atoms. The number of nitrogens with one attached hydrogen (secondary N) is 2. The third-order valence-corrected chi connectivity index (χ3v) is 6.18. The van der Waals surface area contributed by atoms with Gasteiger partial charge in [0.05, 0.1) is 11.2 Å². The van der Waals surface area contributed by atoms with Crippen molar-refractivity contribution in [1.29, 1.82) is 0 Å². The number of aryl methyl sites for hydroxylation is 1. The third kappa shape index (κ3) is 7.81. The van der Waals surface area contributed by atoms with Gasteiger partial charge in [-0.1, -0.05) is 60.1 Å². The first-order valence-electron chi connectivity index (χ1n) is 9.73. The summed E-state index contributed by atoms with van der Waals surface area (Å²) in [5, 5.41) is 6.35. The third-order valence-electron chi connectivity index (χ3n) is 4.19. The van der Waals surface area contributed by atoms with E-state index in [0.29, 0.717) is 18.1 Å². The molecule has 0 radical (unpaired) electrons. The topological polar surface area (TPSA) is 84.0 Å². The van der Waals surface area contributed by atoms with E-state index in [1.54, 1.807) is 11.8 Å². The number of hydrogen-bond donors (Lipinski definition) is 2. The molecule has 0 aliphatic carbocycles. The van der Waals surface area contributed by atoms with E-state index in [4.69, 9.17) is 11.6 Å². The number of benzene rings is 1. The van der Waals surface area contributed by atoms with E-state index in [-0.39, 0.29) is 16.6 Å². The molecule has 1 atom stereocenters. The maximum atomic E-state index is 12.8. The van der Waals surface area contributed by atoms with Gasteiger partial charge in [0.25, 0.3) is 5.91 Å². The van der Waals surface area contributed by atoms with Crippen molar-refractivity contribution in [2.45, 2.75) is 44.4 Å². The van der Waals surface area contributed by atoms with E-state index in [2.05, 4.69) is 27.5 Å². The summed E-state index contributed by atoms with van der Waals surface area (Å²) in [7, 11) is 0. The molecular formula is C21H27ClN4O2S2. The molecule has 0 fully saturated rings. The van der Waals surface area contributed by atoms with Gasteiger partial charge in [-0.15, -0.1) is 0 Å². The molecule has 0 bridgehead atoms. The standard InChI is InChI=1S/C21H27ClN4O2S2/c1-4-10-30-21-24-13-16(22)18(26-21)20(28)25-17(9-11-29-3)19(27)23-12-15-7-5-14(2)6-8-15/h5-8,13,17H,4,9-12H2,1-3H3,(H,23,27)(H,25,28). The lowest BCUT2D eigenvalue weighted by Crippen LogP contribution is -2.47. The van der Waals surface area contributed by atoms with Crippen molar-refractivity contribution in [3.8, 4) is 0 Å². The van der Waals surface area contributed by atoms with Crippen LogP contribution in [0.2, 0.25) is 5.02 Å². The van der Waals surface area contributed by atoms with E-state index in [9.17, 15) is 9.59 Å². The fourth-order valence-corrected chi connectivity index (χ4v) is 3.84. The number of rotatable bonds is 11. The summed E-state index contributed by atoms with van der Waals surface area (Å²) in [6.07, 6.45) is 4.86. The second-order valence-corrected chi connectivity index (χ2v) is 9.16. The Morgan fingerprint density at radius 2 is 1.93 bits per heavy atom. The number of carbonyl (C=O) groups excluding carboxylic acids is 2. The Labute approximate surface area is 191 Å². The molecule has 9 heteroatoms. The Morgan fingerprint density at radius 1 is 1.20 bits per heavy atom. The lowest BCUT2D eigenvalue weighted by Gasteiger charge is -2.18. The second kappa shape index (κ2) is 12.8. The average molecular weight is 467 g/mol. The Morgan fingerprint density at radius 3 is 2.60 bits per heavy atom. The van der Waals surface area contributed by atoms with Crippen LogP contribution in [0, 0.1) is 6.92 Å². The zero-order valence-electron chi connectivity index (χ0n) is 17.4. The highest BCUT2D eigenvalue weighted by atomic mass is 35.5. The van der Waals surface area contributed by atoms with Gasteiger partial charge in [0, 0.05) is 12.3 Å². The maximum absolute atomic E-state index is 12.8. The smallest absolute Gasteiger partial charge is 0.272 e. The largest absolute Gasteiger partial charge is 0.350 e. The highest BCUT2D eigenvalue weighted by Gasteiger charge is 2.23. The van der Waals surface area contributed by atoms with Crippen molar-refractivity contribution in [1.82, 2.24) is 20.6 Å². The highest BCUT2D eigenvalue weighted by Crippen LogP contribution is 2.19. The average Bonchev–Trinajstić information content (AvgIpc) is 2.75. The summed E-state index contributed by atoms with van der Waals surface area (Å²) < 4.78 is 0. The van der Waals surface area contributed by atoms with Crippen LogP contribution in [0.25, 0.3) is 0 Å². The van der Waals surface area contributed by atoms with Gasteiger partial charge in [0.2, 0.25) is 5.91 Å². The molecule has 2 amide bonds. The van der Waals surface area contributed by atoms with Crippen molar-refractivity contribution in [2.24, 2.45) is 0 Å². The number of hydrogen-bond acceptors (Lipinski definition) is 6. The fraction of sp³-hybridized carbons (Fsp3) is 0.429. The summed E-state index contributed by atoms with van der Waals surface area (Å²) in [5.74, 6) is 0.874. The van der Waals surface area contributed by atoms with Gasteiger partial charge in [-0.05, 0) is 37.3 Å². The summed E-state index contributed by atoms with van der Waals surface area (Å²) >= 11 is 9.22. The van der Waals surface area contributed by atoms with E-state index in [0.717, 1.165) is 29.1 Å². The van der Waals surface area contributed by atoms with E-state index in [1.807, 2.05) is 37.4 Å². The maximum Gasteiger partial charge on any atom is 0.272 e. The Balaban J connectivity index is 2.06. The SMILES string of the molecule is CCCSc1ncc(Cl)c(C(=O)NC(CCSC)C(=O)NCc2ccc(C)cc2)n1. The van der Waals surface area contributed by atoms with Crippen molar-refractivity contribution in [3.63, 3.8) is 0 Å². The minimum Gasteiger partial charge on any atom is -0.350 e. The minimum atomic E-state index is -0.673. The predicted octanol–water partition coefficient (Wildman–Crippen LogP) is 4.11. The van der Waals surface area contributed by atoms with Crippen molar-refractivity contribution < 1.29 is 9.59 Å². The molecule has 1 aromatic carbocycles. The molecule has 0 aliphatic heterocycles. The van der Waals surface area contributed by atoms with E-state index >= 15 is 0 Å². The van der Waals surface area contributed by atoms with Crippen LogP contribution < -0.4 is 10.6 Å². The van der Waals surface area contributed by atoms with Gasteiger partial charge in [-0.2, -0.15) is 11.8 Å². The molecule has 1 heterocycles. The minimum absolute atomic E-state index is 0.0887. The van der Waals surface area contributed by atoms with Crippen LogP contribution in [0.4, 0.5) is 0 Å². The lowest BCUT2D eigenvalue weighted by atomic mass is 10.1. The molecular weight excluding hydrogens is 440 g/mol. The van der Waals surface area contributed by atoms with Crippen LogP contribution in [-0.4, -0.2) is 45.6 Å². The summed E-state index contributed by atoms with van der Waals surface area (Å²) in [4.78, 5) is 34.0. The number of halogens is 1. The lowest BCUT2D eigenvalue weighted by molar-refractivity contribution is -0.123. The molecule has 0 saturated carbocycles. The predicted molar refractivity (Wildman–Crippen MR) is 125 cm³/mol. The van der Waals surface area contributed by atoms with Crippen molar-refractivity contribution in [2.75, 3.05) is 17.8 Å². The van der Waals surface area contributed by atoms with Crippen LogP contribution >= 0.6 is 35.1 Å². The van der Waals surface area contributed by atoms with Crippen molar-refractivity contribution >= 4 is 46.9 Å². The molecule has 0 saturated heterocycles. The van der Waals surface area contributed by atoms with Crippen LogP contribution in [0.5, 0.6) is 0 Å². The number of aromatic nitrogens is 2. The number of amides is 2. The zero-order chi connectivity index (χ0) is 21.9. The fourth-order valence-electron chi connectivity index (χ4n) is 2.52. The molecule has 6 nitrogen and oxygen atoms in total. The molecule has 1 unspecified atom stereocenters. The number of nitrogens with zero attached hydrogens (tertiary/aromatic N) is 2. The van der Waals surface area contributed by atoms with Gasteiger partial charge >= 0.3 is 0 Å². The van der Waals surface area contributed by atoms with Gasteiger partial charge in [0.1, 0.15) is 6.04 Å². The molecule has 30 heavy (non-hydrogen) atoms. The quantitative estimate of drug-likeness (QED) is 0.383. The summed E-state index contributed by atoms with van der Waals surface area (Å²) in [5.41, 5.74) is 2.25. The Kier molecular flexibility index (Phi) is 10.5. The van der Waals surface area contributed by atoms with Crippen LogP contribution in [0.3, 0.4) is 0 Å². The van der Waals surface area contributed by atoms with Gasteiger partial charge in [-0.25, -0.2) is 9.97 Å². The van der Waals surface area contributed by atoms with Gasteiger partial charge < -0.3 is 10.6 Å². The van der Waals surface area contributed by atoms with Crippen LogP contribution in [0.1, 0.15) is 41.4 Å². The molecule has 2 aromatic rings. The van der Waals surface area contributed by atoms with E-state index < -0.39 is 11.9 Å². The summed E-state index contributed by atoms with van der Waals surface area (Å²) in [6, 6.07) is 7.27. The molecule has 1 aromatic heterocycles. The second-order valence-electron chi connectivity index (χ2n) is 6.71. The Hall–Kier alpha value is -1.77. The molecule has 162 valence electrons. The van der Waals surface area contributed by atoms with Crippen LogP contribution in [0.15, 0.2) is 35.6 Å². The van der Waals surface area contributed by atoms with Gasteiger partial charge in [-0.3, -0.25) is 9.59 Å². The normalized spacial score (nSPS) is 11.7. The number of thioether (sulfide) groups is 2. The molecule has 2 rings (SSSR count). The summed E-state index contributed by atoms with van der Waals surface area (Å²) in [6.45, 7) is 4.47. The van der Waals surface area contributed by atoms with E-state index in [1.165, 1.54) is 18.0 Å². The van der Waals surface area contributed by atoms with Crippen molar-refractivity contribution in [3.05, 3.63) is 52.3 Å². The van der Waals surface area contributed by atoms with Gasteiger partial charge in [0.15, 0.2) is 10.9 Å². The first-order chi connectivity index (χ1) is 14.4. The first kappa shape index (κ1) is 24.5. The first-order valence-corrected chi connectivity index (χ1v) is 12.5. The molecule has 2 N–H and O–H groups in total. The van der Waals surface area contributed by atoms with Crippen LogP contribution in [-0.2, 0) is 11.3 Å². The Bertz CT molecular complexity index is 849. The zero-order valence-corrected chi connectivity index (χ0v) is 19.8.